The number of rotatable bonds is 17. The summed E-state index contributed by atoms with van der Waals surface area (Å²) in [5, 5.41) is 63.1. The highest BCUT2D eigenvalue weighted by Gasteiger charge is 2.44. The van der Waals surface area contributed by atoms with Gasteiger partial charge in [-0.05, 0) is 75.8 Å². The SMILES string of the molecule is Cc1ncsc1-c1ccc([C@H](C)NC(=O)[C@@H]2C[C@@H](O)CN2C(=O)C(c2cc(N3CCN(CCN4CCC(Nc5cc(-c6ccccc6O)nnc5C(=N)NCC(C)(C)O)CC4)CC3)no2)C(C)C)cc1. The van der Waals surface area contributed by atoms with Gasteiger partial charge in [-0.2, -0.15) is 0 Å². The van der Waals surface area contributed by atoms with Gasteiger partial charge >= 0.3 is 0 Å². The summed E-state index contributed by atoms with van der Waals surface area (Å²) in [5.41, 5.74) is 5.86. The molecule has 0 spiro atoms. The molecule has 3 fully saturated rings. The van der Waals surface area contributed by atoms with E-state index in [9.17, 15) is 24.9 Å². The lowest BCUT2D eigenvalue weighted by Crippen LogP contribution is -2.49. The number of piperidine rings is 1. The zero-order chi connectivity index (χ0) is 49.7. The molecule has 3 saturated heterocycles. The standard InChI is InChI=1S/C51H68N12O6S/c1-31(2)45(50(67)63-28-37(64)25-41(63)49(66)55-32(3)34-11-13-35(14-12-34)47-33(4)54-30-70-47)43-27-44(59-69-43)62-23-21-61(22-24-62)20-19-60-17-15-36(16-18-60)56-40-26-39(38-9-7-8-10-42(38)65)57-58-46(40)48(52)53-29-51(5,6)68/h7-14,26-27,30-32,36-37,41,45,64-65,68H,15-25,28-29H2,1-6H3,(H2,52,53)(H,55,66)(H,56,57)/t32-,37+,41-,45?/m0/s1. The number of likely N-dealkylation sites (tertiary alicyclic amines) is 2. The fraction of sp³-hybridized carbons (Fsp3) is 0.510. The van der Waals surface area contributed by atoms with E-state index in [-0.39, 0.29) is 60.9 Å². The number of phenolic OH excluding ortho intramolecular Hbond substituents is 1. The first-order valence-electron chi connectivity index (χ1n) is 24.4. The summed E-state index contributed by atoms with van der Waals surface area (Å²) in [6.45, 7) is 18.3. The number of phenols is 1. The number of thiazole rings is 1. The van der Waals surface area contributed by atoms with Gasteiger partial charge in [0.1, 0.15) is 23.5 Å². The van der Waals surface area contributed by atoms with E-state index in [0.717, 1.165) is 86.9 Å². The number of anilines is 2. The van der Waals surface area contributed by atoms with E-state index >= 15 is 0 Å². The van der Waals surface area contributed by atoms with Crippen molar-refractivity contribution in [2.24, 2.45) is 5.92 Å². The number of aliphatic hydroxyl groups excluding tert-OH is 1. The Kier molecular flexibility index (Phi) is 15.8. The molecule has 3 aliphatic rings. The van der Waals surface area contributed by atoms with Crippen LogP contribution in [0.25, 0.3) is 21.7 Å². The monoisotopic (exact) mass is 977 g/mol. The van der Waals surface area contributed by atoms with Crippen molar-refractivity contribution < 1.29 is 29.4 Å². The molecule has 3 aromatic heterocycles. The fourth-order valence-corrected chi connectivity index (χ4v) is 10.4. The van der Waals surface area contributed by atoms with Crippen LogP contribution in [0.2, 0.25) is 0 Å². The first-order chi connectivity index (χ1) is 33.5. The second-order valence-electron chi connectivity index (χ2n) is 20.0. The van der Waals surface area contributed by atoms with E-state index in [1.807, 2.05) is 75.7 Å². The van der Waals surface area contributed by atoms with Gasteiger partial charge in [-0.25, -0.2) is 4.98 Å². The first-order valence-corrected chi connectivity index (χ1v) is 25.3. The number of hydrogen-bond acceptors (Lipinski definition) is 16. The molecule has 0 radical (unpaired) electrons. The number of nitrogens with zero attached hydrogens (tertiary/aromatic N) is 8. The number of aromatic hydroxyl groups is 1. The summed E-state index contributed by atoms with van der Waals surface area (Å²) in [7, 11) is 0. The highest BCUT2D eigenvalue weighted by Crippen LogP contribution is 2.35. The van der Waals surface area contributed by atoms with Crippen LogP contribution in [0.1, 0.15) is 88.6 Å². The number of para-hydroxylation sites is 1. The van der Waals surface area contributed by atoms with Crippen LogP contribution in [0, 0.1) is 18.3 Å². The number of amides is 2. The van der Waals surface area contributed by atoms with Crippen LogP contribution in [0.15, 0.2) is 70.7 Å². The lowest BCUT2D eigenvalue weighted by atomic mass is 9.91. The first kappa shape index (κ1) is 50.4. The number of amidine groups is 1. The Morgan fingerprint density at radius 3 is 2.31 bits per heavy atom. The molecular weight excluding hydrogens is 909 g/mol. The van der Waals surface area contributed by atoms with Gasteiger partial charge in [0.15, 0.2) is 17.3 Å². The van der Waals surface area contributed by atoms with Crippen molar-refractivity contribution in [2.75, 3.05) is 75.7 Å². The molecule has 18 nitrogen and oxygen atoms in total. The third-order valence-corrected chi connectivity index (χ3v) is 14.7. The van der Waals surface area contributed by atoms with Gasteiger partial charge in [-0.1, -0.05) is 55.4 Å². The molecule has 2 amide bonds. The number of nitrogens with one attached hydrogen (secondary N) is 4. The molecule has 0 bridgehead atoms. The molecule has 5 aromatic rings. The Balaban J connectivity index is 0.811. The van der Waals surface area contributed by atoms with E-state index < -0.39 is 23.7 Å². The molecule has 7 N–H and O–H groups in total. The van der Waals surface area contributed by atoms with E-state index in [1.54, 1.807) is 43.4 Å². The van der Waals surface area contributed by atoms with Gasteiger partial charge in [0, 0.05) is 89.5 Å². The molecule has 3 aliphatic heterocycles. The summed E-state index contributed by atoms with van der Waals surface area (Å²) in [5.74, 6) is -0.0956. The fourth-order valence-electron chi connectivity index (χ4n) is 9.59. The van der Waals surface area contributed by atoms with Gasteiger partial charge in [-0.15, -0.1) is 21.5 Å². The smallest absolute Gasteiger partial charge is 0.243 e. The Labute approximate surface area is 414 Å². The predicted octanol–water partition coefficient (Wildman–Crippen LogP) is 5.23. The van der Waals surface area contributed by atoms with Gasteiger partial charge in [0.2, 0.25) is 11.8 Å². The normalized spacial score (nSPS) is 19.3. The minimum absolute atomic E-state index is 0.0553. The van der Waals surface area contributed by atoms with Gasteiger partial charge in [0.05, 0.1) is 45.2 Å². The molecule has 70 heavy (non-hydrogen) atoms. The minimum Gasteiger partial charge on any atom is -0.507 e. The van der Waals surface area contributed by atoms with E-state index in [4.69, 9.17) is 9.93 Å². The summed E-state index contributed by atoms with van der Waals surface area (Å²) in [4.78, 5) is 42.3. The number of piperazine rings is 1. The lowest BCUT2D eigenvalue weighted by molar-refractivity contribution is -0.141. The third-order valence-electron chi connectivity index (χ3n) is 13.7. The van der Waals surface area contributed by atoms with Crippen LogP contribution in [0.3, 0.4) is 0 Å². The summed E-state index contributed by atoms with van der Waals surface area (Å²) in [6, 6.07) is 17.8. The topological polar surface area (TPSA) is 232 Å². The molecule has 0 saturated carbocycles. The van der Waals surface area contributed by atoms with Gasteiger partial charge in [-0.3, -0.25) is 19.9 Å². The van der Waals surface area contributed by atoms with Crippen molar-refractivity contribution in [3.8, 4) is 27.4 Å². The molecule has 1 unspecified atom stereocenters. The number of β-amino-alcohol motifs (C(OH)–C–C–N with tert-alkyl or cyclic N) is 1. The van der Waals surface area contributed by atoms with Crippen LogP contribution in [0.4, 0.5) is 11.5 Å². The lowest BCUT2D eigenvalue weighted by Gasteiger charge is -2.37. The highest BCUT2D eigenvalue weighted by molar-refractivity contribution is 7.13. The Hall–Kier alpha value is -5.99. The van der Waals surface area contributed by atoms with Crippen LogP contribution in [-0.2, 0) is 9.59 Å². The maximum atomic E-state index is 14.4. The van der Waals surface area contributed by atoms with Crippen LogP contribution < -0.4 is 20.9 Å². The zero-order valence-corrected chi connectivity index (χ0v) is 41.9. The Morgan fingerprint density at radius 1 is 0.957 bits per heavy atom. The van der Waals surface area contributed by atoms with E-state index in [1.165, 1.54) is 4.90 Å². The molecule has 0 aliphatic carbocycles. The van der Waals surface area contributed by atoms with E-state index in [2.05, 4.69) is 51.0 Å². The van der Waals surface area contributed by atoms with Crippen molar-refractivity contribution in [3.05, 3.63) is 88.9 Å². The Bertz CT molecular complexity index is 2580. The van der Waals surface area contributed by atoms with Gasteiger partial charge in [0.25, 0.3) is 0 Å². The summed E-state index contributed by atoms with van der Waals surface area (Å²) in [6.07, 6.45) is 1.14. The molecule has 8 rings (SSSR count). The molecule has 374 valence electrons. The third kappa shape index (κ3) is 12.1. The van der Waals surface area contributed by atoms with Crippen molar-refractivity contribution in [1.82, 2.24) is 45.7 Å². The second-order valence-corrected chi connectivity index (χ2v) is 20.8. The molecular formula is C51H68N12O6S. The largest absolute Gasteiger partial charge is 0.507 e. The molecule has 4 atom stereocenters. The van der Waals surface area contributed by atoms with Crippen LogP contribution in [-0.4, -0.2) is 157 Å². The molecule has 19 heteroatoms. The number of carbonyl (C=O) groups is 2. The van der Waals surface area contributed by atoms with Crippen molar-refractivity contribution in [3.63, 3.8) is 0 Å². The zero-order valence-electron chi connectivity index (χ0n) is 41.1. The van der Waals surface area contributed by atoms with Crippen LogP contribution >= 0.6 is 11.3 Å². The number of benzene rings is 2. The number of hydrogen-bond donors (Lipinski definition) is 7. The average molecular weight is 977 g/mol. The highest BCUT2D eigenvalue weighted by atomic mass is 32.1. The maximum Gasteiger partial charge on any atom is 0.243 e. The predicted molar refractivity (Wildman–Crippen MR) is 271 cm³/mol. The van der Waals surface area contributed by atoms with Gasteiger partial charge < -0.3 is 50.5 Å². The maximum absolute atomic E-state index is 14.4. The number of aromatic nitrogens is 4. The number of carbonyl (C=O) groups excluding carboxylic acids is 2. The minimum atomic E-state index is -1.02. The molecule has 6 heterocycles. The molecule has 2 aromatic carbocycles. The van der Waals surface area contributed by atoms with E-state index in [0.29, 0.717) is 34.2 Å². The van der Waals surface area contributed by atoms with Crippen molar-refractivity contribution in [1.29, 1.82) is 5.41 Å². The van der Waals surface area contributed by atoms with Crippen LogP contribution in [0.5, 0.6) is 5.75 Å². The number of aryl methyl sites for hydroxylation is 1. The number of aliphatic hydroxyl groups is 2. The summed E-state index contributed by atoms with van der Waals surface area (Å²) >= 11 is 1.59. The Morgan fingerprint density at radius 2 is 1.66 bits per heavy atom. The average Bonchev–Trinajstić information content (AvgIpc) is 4.11. The quantitative estimate of drug-likeness (QED) is 0.0467. The summed E-state index contributed by atoms with van der Waals surface area (Å²) < 4.78 is 5.91. The second kappa shape index (κ2) is 22.0. The van der Waals surface area contributed by atoms with Crippen molar-refractivity contribution >= 4 is 40.5 Å². The van der Waals surface area contributed by atoms with Crippen molar-refractivity contribution in [2.45, 2.75) is 96.6 Å².